The zero-order chi connectivity index (χ0) is 26.7. The first kappa shape index (κ1) is 26.7. The third-order valence-corrected chi connectivity index (χ3v) is 8.75. The van der Waals surface area contributed by atoms with Crippen molar-refractivity contribution in [2.75, 3.05) is 55.6 Å². The van der Waals surface area contributed by atoms with Gasteiger partial charge in [0, 0.05) is 62.4 Å². The van der Waals surface area contributed by atoms with Crippen molar-refractivity contribution in [3.8, 4) is 5.75 Å². The van der Waals surface area contributed by atoms with E-state index >= 15 is 0 Å². The van der Waals surface area contributed by atoms with Gasteiger partial charge in [0.2, 0.25) is 11.9 Å². The van der Waals surface area contributed by atoms with Crippen LogP contribution in [-0.4, -0.2) is 86.7 Å². The van der Waals surface area contributed by atoms with E-state index in [2.05, 4.69) is 21.3 Å². The Morgan fingerprint density at radius 3 is 2.68 bits per heavy atom. The van der Waals surface area contributed by atoms with E-state index in [0.717, 1.165) is 61.5 Å². The Kier molecular flexibility index (Phi) is 8.04. The van der Waals surface area contributed by atoms with Crippen LogP contribution in [0.15, 0.2) is 30.5 Å². The number of anilines is 3. The number of carbonyl (C=O) groups is 1. The van der Waals surface area contributed by atoms with Gasteiger partial charge in [0.05, 0.1) is 18.5 Å². The van der Waals surface area contributed by atoms with Gasteiger partial charge < -0.3 is 24.6 Å². The summed E-state index contributed by atoms with van der Waals surface area (Å²) in [4.78, 5) is 26.1. The van der Waals surface area contributed by atoms with Crippen molar-refractivity contribution in [1.29, 1.82) is 0 Å². The second-order valence-electron chi connectivity index (χ2n) is 10.5. The fraction of sp³-hybridized carbons (Fsp3) is 0.593. The van der Waals surface area contributed by atoms with Crippen LogP contribution in [-0.2, 0) is 25.8 Å². The van der Waals surface area contributed by atoms with E-state index < -0.39 is 9.84 Å². The molecule has 2 fully saturated rings. The van der Waals surface area contributed by atoms with Crippen molar-refractivity contribution in [3.05, 3.63) is 36.0 Å². The maximum absolute atomic E-state index is 12.7. The van der Waals surface area contributed by atoms with Crippen LogP contribution in [0.3, 0.4) is 0 Å². The van der Waals surface area contributed by atoms with Crippen molar-refractivity contribution in [2.45, 2.75) is 50.7 Å². The Morgan fingerprint density at radius 2 is 1.95 bits per heavy atom. The lowest BCUT2D eigenvalue weighted by atomic mass is 9.84. The summed E-state index contributed by atoms with van der Waals surface area (Å²) in [6.45, 7) is 2.57. The minimum Gasteiger partial charge on any atom is -0.493 e. The van der Waals surface area contributed by atoms with Crippen LogP contribution in [0.1, 0.15) is 37.7 Å². The number of rotatable bonds is 10. The molecular weight excluding hydrogens is 506 g/mol. The molecule has 1 saturated carbocycles. The summed E-state index contributed by atoms with van der Waals surface area (Å²) < 4.78 is 34.0. The predicted octanol–water partition coefficient (Wildman–Crippen LogP) is 2.81. The van der Waals surface area contributed by atoms with Gasteiger partial charge in [-0.1, -0.05) is 6.07 Å². The van der Waals surface area contributed by atoms with E-state index in [9.17, 15) is 13.2 Å². The summed E-state index contributed by atoms with van der Waals surface area (Å²) in [6, 6.07) is 8.12. The largest absolute Gasteiger partial charge is 0.493 e. The van der Waals surface area contributed by atoms with Gasteiger partial charge in [-0.05, 0) is 56.7 Å². The Hall–Kier alpha value is -2.92. The predicted molar refractivity (Wildman–Crippen MR) is 146 cm³/mol. The maximum Gasteiger partial charge on any atom is 0.225 e. The number of nitrogens with zero attached hydrogens (tertiary/aromatic N) is 4. The molecule has 0 radical (unpaired) electrons. The molecule has 5 rings (SSSR count). The molecule has 1 amide bonds. The molecule has 0 atom stereocenters. The highest BCUT2D eigenvalue weighted by Crippen LogP contribution is 2.39. The number of likely N-dealkylation sites (tertiary alicyclic amines) is 1. The van der Waals surface area contributed by atoms with Crippen molar-refractivity contribution in [2.24, 2.45) is 5.92 Å². The highest BCUT2D eigenvalue weighted by molar-refractivity contribution is 7.90. The number of methoxy groups -OCH3 is 1. The number of fused-ring (bicyclic) bond motifs is 1. The molecular formula is C27H37N5O5S. The van der Waals surface area contributed by atoms with E-state index in [1.54, 1.807) is 13.3 Å². The molecule has 1 aromatic heterocycles. The molecule has 1 aliphatic carbocycles. The monoisotopic (exact) mass is 543 g/mol. The van der Waals surface area contributed by atoms with Crippen molar-refractivity contribution in [1.82, 2.24) is 14.9 Å². The molecule has 1 aromatic carbocycles. The molecule has 38 heavy (non-hydrogen) atoms. The lowest BCUT2D eigenvalue weighted by Crippen LogP contribution is -2.56. The quantitative estimate of drug-likeness (QED) is 0.452. The minimum absolute atomic E-state index is 0.0991. The van der Waals surface area contributed by atoms with Crippen LogP contribution in [0, 0.1) is 5.92 Å². The van der Waals surface area contributed by atoms with E-state index in [4.69, 9.17) is 14.5 Å². The Morgan fingerprint density at radius 1 is 1.16 bits per heavy atom. The first-order chi connectivity index (χ1) is 18.3. The summed E-state index contributed by atoms with van der Waals surface area (Å²) in [7, 11) is -1.29. The Bertz CT molecular complexity index is 1240. The van der Waals surface area contributed by atoms with Crippen molar-refractivity contribution < 1.29 is 22.7 Å². The number of benzene rings is 1. The molecule has 3 aliphatic rings. The van der Waals surface area contributed by atoms with E-state index in [0.29, 0.717) is 32.1 Å². The normalized spacial score (nSPS) is 21.6. The molecule has 1 N–H and O–H groups in total. The number of nitrogens with one attached hydrogen (secondary N) is 1. The number of hydrogen-bond donors (Lipinski definition) is 1. The van der Waals surface area contributed by atoms with Crippen molar-refractivity contribution >= 4 is 33.2 Å². The standard InChI is InChI=1S/C27H37N5O5S/c1-36-21-17-31(18-21)26(33)19-7-9-20(10-8-19)29-27-28-13-11-25(30-27)32-14-12-22-23(32)5-3-6-24(22)37-15-4-16-38(2,34)35/h3,5-6,11,13,19-21H,4,7-10,12,14-18H2,1-2H3,(H,28,29,30). The Labute approximate surface area is 224 Å². The van der Waals surface area contributed by atoms with Crippen LogP contribution in [0.2, 0.25) is 0 Å². The molecule has 0 unspecified atom stereocenters. The second kappa shape index (κ2) is 11.4. The zero-order valence-electron chi connectivity index (χ0n) is 22.1. The molecule has 2 aliphatic heterocycles. The highest BCUT2D eigenvalue weighted by atomic mass is 32.2. The molecule has 0 spiro atoms. The third kappa shape index (κ3) is 6.20. The van der Waals surface area contributed by atoms with Gasteiger partial charge in [-0.3, -0.25) is 4.79 Å². The molecule has 206 valence electrons. The average Bonchev–Trinajstić information content (AvgIpc) is 3.31. The zero-order valence-corrected chi connectivity index (χ0v) is 23.0. The Balaban J connectivity index is 1.16. The van der Waals surface area contributed by atoms with Gasteiger partial charge in [0.1, 0.15) is 21.4 Å². The molecule has 11 heteroatoms. The van der Waals surface area contributed by atoms with Gasteiger partial charge in [0.15, 0.2) is 0 Å². The summed E-state index contributed by atoms with van der Waals surface area (Å²) >= 11 is 0. The minimum atomic E-state index is -2.99. The van der Waals surface area contributed by atoms with Gasteiger partial charge in [-0.15, -0.1) is 0 Å². The van der Waals surface area contributed by atoms with Crippen LogP contribution in [0.25, 0.3) is 0 Å². The lowest BCUT2D eigenvalue weighted by molar-refractivity contribution is -0.148. The lowest BCUT2D eigenvalue weighted by Gasteiger charge is -2.41. The first-order valence-corrected chi connectivity index (χ1v) is 15.5. The second-order valence-corrected chi connectivity index (χ2v) is 12.8. The van der Waals surface area contributed by atoms with Gasteiger partial charge in [0.25, 0.3) is 0 Å². The van der Waals surface area contributed by atoms with Crippen LogP contribution >= 0.6 is 0 Å². The molecule has 2 aromatic rings. The van der Waals surface area contributed by atoms with Crippen LogP contribution < -0.4 is 15.0 Å². The summed E-state index contributed by atoms with van der Waals surface area (Å²) in [5.41, 5.74) is 2.16. The van der Waals surface area contributed by atoms with Crippen molar-refractivity contribution in [3.63, 3.8) is 0 Å². The number of aromatic nitrogens is 2. The number of amides is 1. The fourth-order valence-corrected chi connectivity index (χ4v) is 6.18. The third-order valence-electron chi connectivity index (χ3n) is 7.72. The number of hydrogen-bond acceptors (Lipinski definition) is 9. The first-order valence-electron chi connectivity index (χ1n) is 13.4. The van der Waals surface area contributed by atoms with E-state index in [1.165, 1.54) is 6.26 Å². The molecule has 0 bridgehead atoms. The average molecular weight is 544 g/mol. The smallest absolute Gasteiger partial charge is 0.225 e. The number of ether oxygens (including phenoxy) is 2. The summed E-state index contributed by atoms with van der Waals surface area (Å²) in [5.74, 6) is 2.71. The summed E-state index contributed by atoms with van der Waals surface area (Å²) in [5, 5.41) is 3.49. The maximum atomic E-state index is 12.7. The van der Waals surface area contributed by atoms with Gasteiger partial charge >= 0.3 is 0 Å². The van der Waals surface area contributed by atoms with Gasteiger partial charge in [-0.2, -0.15) is 4.98 Å². The number of sulfone groups is 1. The number of carbonyl (C=O) groups excluding carboxylic acids is 1. The van der Waals surface area contributed by atoms with E-state index in [-0.39, 0.29) is 29.7 Å². The fourth-order valence-electron chi connectivity index (χ4n) is 5.54. The van der Waals surface area contributed by atoms with Gasteiger partial charge in [-0.25, -0.2) is 13.4 Å². The molecule has 3 heterocycles. The summed E-state index contributed by atoms with van der Waals surface area (Å²) in [6.07, 6.45) is 8.08. The topological polar surface area (TPSA) is 114 Å². The molecule has 10 nitrogen and oxygen atoms in total. The van der Waals surface area contributed by atoms with Crippen LogP contribution in [0.5, 0.6) is 5.75 Å². The molecule has 1 saturated heterocycles. The highest BCUT2D eigenvalue weighted by Gasteiger charge is 2.36. The SMILES string of the molecule is COC1CN(C(=O)C2CCC(Nc3nccc(N4CCc5c(OCCCS(C)(=O)=O)cccc54)n3)CC2)C1. The van der Waals surface area contributed by atoms with Crippen LogP contribution in [0.4, 0.5) is 17.5 Å². The van der Waals surface area contributed by atoms with E-state index in [1.807, 2.05) is 23.1 Å².